The zero-order valence-corrected chi connectivity index (χ0v) is 45.3. The molecule has 2 aliphatic heterocycles. The van der Waals surface area contributed by atoms with Crippen LogP contribution in [-0.2, 0) is 36.7 Å². The van der Waals surface area contributed by atoms with Crippen LogP contribution in [0.5, 0.6) is 0 Å². The minimum atomic E-state index is -0.517. The number of methoxy groups -OCH3 is 1. The van der Waals surface area contributed by atoms with Crippen LogP contribution in [0.25, 0.3) is 39.3 Å². The number of carbonyl (C=O) groups is 3. The van der Waals surface area contributed by atoms with Crippen LogP contribution in [0.4, 0.5) is 0 Å². The summed E-state index contributed by atoms with van der Waals surface area (Å²) >= 11 is 0. The summed E-state index contributed by atoms with van der Waals surface area (Å²) in [5.41, 5.74) is 12.5. The predicted octanol–water partition coefficient (Wildman–Crippen LogP) is 12.1. The smallest absolute Gasteiger partial charge is 0.469 e. The third kappa shape index (κ3) is 15.0. The van der Waals surface area contributed by atoms with Gasteiger partial charge in [0.15, 0.2) is 0 Å². The number of amides is 1. The number of aliphatic hydroxyl groups excluding tert-OH is 1. The van der Waals surface area contributed by atoms with E-state index >= 15 is 0 Å². The molecule has 8 bridgehead atoms. The number of aromatic nitrogens is 4. The molecule has 11 nitrogen and oxygen atoms in total. The fourth-order valence-electron chi connectivity index (χ4n) is 10.0. The van der Waals surface area contributed by atoms with E-state index in [-0.39, 0.29) is 73.5 Å². The number of ether oxygens (including phenoxy) is 2. The summed E-state index contributed by atoms with van der Waals surface area (Å²) in [6, 6.07) is 6.10. The summed E-state index contributed by atoms with van der Waals surface area (Å²) in [7, 11) is 1.33. The molecular formula is C57H81MgN5O6+2. The Morgan fingerprint density at radius 2 is 1.51 bits per heavy atom. The van der Waals surface area contributed by atoms with Crippen molar-refractivity contribution in [3.05, 3.63) is 87.0 Å². The topological polar surface area (TPSA) is 159 Å². The van der Waals surface area contributed by atoms with Gasteiger partial charge in [0.05, 0.1) is 42.8 Å². The van der Waals surface area contributed by atoms with E-state index in [0.717, 1.165) is 81.1 Å². The number of aryl methyl sites for hydroxylation is 3. The zero-order valence-electron chi connectivity index (χ0n) is 43.9. The molecule has 5 rings (SSSR count). The quantitative estimate of drug-likeness (QED) is 0.0392. The van der Waals surface area contributed by atoms with Crippen LogP contribution in [-0.4, -0.2) is 92.8 Å². The first-order valence-electron chi connectivity index (χ1n) is 25.4. The Morgan fingerprint density at radius 3 is 2.14 bits per heavy atom. The molecule has 4 N–H and O–H groups in total. The van der Waals surface area contributed by atoms with Gasteiger partial charge >= 0.3 is 35.0 Å². The molecular weight excluding hydrogens is 875 g/mol. The Balaban J connectivity index is 0.0000104. The maximum atomic E-state index is 14.1. The SMILES string of the molecule is C=Cc1c(C)c2cc3nc(c(CC(=O)OC)c4nc(cc5[nH]c(cc1[nH]2)c(C)c5CC)C(C)=C4C(=O)NCCO)C(CCC(=O)OCC=C(C)CCCC(C)CCCC(C)CCCC(C)C)C3C.[Mg+2]. The molecule has 370 valence electrons. The predicted molar refractivity (Wildman–Crippen MR) is 284 cm³/mol. The summed E-state index contributed by atoms with van der Waals surface area (Å²) < 4.78 is 11.1. The Labute approximate surface area is 428 Å². The molecule has 5 heterocycles. The second kappa shape index (κ2) is 27.2. The first kappa shape index (κ1) is 57.1. The summed E-state index contributed by atoms with van der Waals surface area (Å²) in [6.45, 7) is 25.8. The van der Waals surface area contributed by atoms with E-state index in [1.807, 2.05) is 31.2 Å². The van der Waals surface area contributed by atoms with E-state index in [9.17, 15) is 19.5 Å². The molecule has 12 heteroatoms. The van der Waals surface area contributed by atoms with Crippen molar-refractivity contribution in [2.45, 2.75) is 165 Å². The van der Waals surface area contributed by atoms with Crippen molar-refractivity contribution in [1.82, 2.24) is 25.3 Å². The van der Waals surface area contributed by atoms with Crippen LogP contribution >= 0.6 is 0 Å². The van der Waals surface area contributed by atoms with Crippen LogP contribution in [0.2, 0.25) is 0 Å². The number of fused-ring (bicyclic) bond motifs is 8. The van der Waals surface area contributed by atoms with Crippen LogP contribution in [0.3, 0.4) is 0 Å². The monoisotopic (exact) mass is 956 g/mol. The Morgan fingerprint density at radius 1 is 0.855 bits per heavy atom. The molecule has 0 aliphatic carbocycles. The summed E-state index contributed by atoms with van der Waals surface area (Å²) in [6.07, 6.45) is 16.1. The molecule has 69 heavy (non-hydrogen) atoms. The minimum absolute atomic E-state index is 0. The van der Waals surface area contributed by atoms with Gasteiger partial charge in [0.25, 0.3) is 5.91 Å². The van der Waals surface area contributed by atoms with Crippen molar-refractivity contribution in [2.24, 2.45) is 17.8 Å². The molecule has 3 aromatic rings. The summed E-state index contributed by atoms with van der Waals surface area (Å²) in [5.74, 6) is 0.511. The maximum Gasteiger partial charge on any atom is 2.00 e. The maximum absolute atomic E-state index is 14.1. The largest absolute Gasteiger partial charge is 2.00 e. The average Bonchev–Trinajstić information content (AvgIpc) is 3.98. The first-order chi connectivity index (χ1) is 32.5. The van der Waals surface area contributed by atoms with Gasteiger partial charge in [-0.2, -0.15) is 0 Å². The number of aliphatic hydroxyl groups is 1. The molecule has 4 unspecified atom stereocenters. The second-order valence-electron chi connectivity index (χ2n) is 20.0. The van der Waals surface area contributed by atoms with Crippen molar-refractivity contribution in [1.29, 1.82) is 0 Å². The molecule has 0 saturated carbocycles. The van der Waals surface area contributed by atoms with Crippen LogP contribution in [0.1, 0.15) is 188 Å². The number of hydrogen-bond donors (Lipinski definition) is 4. The standard InChI is InChI=1S/C57H81N5O6.Mg/c1-13-42-38(8)46-31-48-40(10)44(24-25-52(64)68-29-26-37(7)23-17-22-36(6)21-16-20-35(5)19-15-18-34(3)4)55(61-48)45(30-53(65)67-12)56-54(57(66)58-27-28-63)41(11)49(62-56)33-51-43(14-2)39(9)47(60-51)32-50(42)59-46;/h13,26,31-36,40,44,59-60,63H,1,14-25,27-30H2,2-12H3,(H,58,66);/q;+2. The summed E-state index contributed by atoms with van der Waals surface area (Å²) in [4.78, 5) is 58.8. The fraction of sp³-hybridized carbons (Fsp3) is 0.561. The number of nitrogens with one attached hydrogen (secondary N) is 3. The number of nitrogens with zero attached hydrogens (tertiary/aromatic N) is 2. The van der Waals surface area contributed by atoms with Crippen molar-refractivity contribution >= 4 is 80.2 Å². The number of esters is 2. The molecule has 0 saturated heterocycles. The van der Waals surface area contributed by atoms with Gasteiger partial charge < -0.3 is 29.9 Å². The van der Waals surface area contributed by atoms with E-state index in [1.165, 1.54) is 57.6 Å². The molecule has 0 spiro atoms. The van der Waals surface area contributed by atoms with Gasteiger partial charge in [0.1, 0.15) is 6.61 Å². The van der Waals surface area contributed by atoms with Crippen LogP contribution < -0.4 is 5.32 Å². The van der Waals surface area contributed by atoms with Gasteiger partial charge in [-0.05, 0) is 118 Å². The average molecular weight is 957 g/mol. The number of rotatable bonds is 24. The van der Waals surface area contributed by atoms with Gasteiger partial charge in [-0.3, -0.25) is 19.4 Å². The van der Waals surface area contributed by atoms with Gasteiger partial charge in [0, 0.05) is 63.7 Å². The van der Waals surface area contributed by atoms with Crippen molar-refractivity contribution in [3.8, 4) is 0 Å². The van der Waals surface area contributed by atoms with E-state index < -0.39 is 11.9 Å². The third-order valence-electron chi connectivity index (χ3n) is 14.4. The van der Waals surface area contributed by atoms with E-state index in [4.69, 9.17) is 19.4 Å². The van der Waals surface area contributed by atoms with Crippen LogP contribution in [0.15, 0.2) is 36.4 Å². The number of H-pyrrole nitrogens is 2. The van der Waals surface area contributed by atoms with E-state index in [2.05, 4.69) is 90.2 Å². The fourth-order valence-corrected chi connectivity index (χ4v) is 10.0. The Hall–Kier alpha value is -4.52. The molecule has 4 atom stereocenters. The minimum Gasteiger partial charge on any atom is -0.469 e. The molecule has 0 fully saturated rings. The van der Waals surface area contributed by atoms with E-state index in [0.29, 0.717) is 46.1 Å². The van der Waals surface area contributed by atoms with Crippen molar-refractivity contribution in [2.75, 3.05) is 26.9 Å². The first-order valence-corrected chi connectivity index (χ1v) is 25.4. The Bertz CT molecular complexity index is 2510. The third-order valence-corrected chi connectivity index (χ3v) is 14.4. The normalized spacial score (nSPS) is 15.8. The van der Waals surface area contributed by atoms with Crippen molar-refractivity contribution < 1.29 is 29.0 Å². The molecule has 2 aliphatic rings. The number of aromatic amines is 2. The van der Waals surface area contributed by atoms with Gasteiger partial charge in [-0.25, -0.2) is 4.98 Å². The molecule has 0 radical (unpaired) electrons. The van der Waals surface area contributed by atoms with Gasteiger partial charge in [-0.1, -0.05) is 105 Å². The molecule has 3 aromatic heterocycles. The van der Waals surface area contributed by atoms with Crippen molar-refractivity contribution in [3.63, 3.8) is 0 Å². The number of allylic oxidation sites excluding steroid dienone is 2. The molecule has 0 aromatic carbocycles. The molecule has 1 amide bonds. The van der Waals surface area contributed by atoms with Crippen LogP contribution in [0, 0.1) is 31.6 Å². The number of carbonyl (C=O) groups excluding carboxylic acids is 3. The van der Waals surface area contributed by atoms with Gasteiger partial charge in [-0.15, -0.1) is 0 Å². The number of hydrogen-bond acceptors (Lipinski definition) is 8. The van der Waals surface area contributed by atoms with E-state index in [1.54, 1.807) is 0 Å². The summed E-state index contributed by atoms with van der Waals surface area (Å²) in [5, 5.41) is 12.5. The van der Waals surface area contributed by atoms with Gasteiger partial charge in [0.2, 0.25) is 0 Å². The zero-order chi connectivity index (χ0) is 49.7. The Kier molecular flexibility index (Phi) is 22.5. The second-order valence-corrected chi connectivity index (χ2v) is 20.0.